The fourth-order valence-electron chi connectivity index (χ4n) is 1.71. The average molecular weight is 389 g/mol. The number of nitrogens with one attached hydrogen (secondary N) is 2. The molecule has 0 aliphatic rings. The zero-order valence-corrected chi connectivity index (χ0v) is 14.7. The van der Waals surface area contributed by atoms with Crippen molar-refractivity contribution in [3.05, 3.63) is 42.0 Å². The Morgan fingerprint density at radius 2 is 2.10 bits per heavy atom. The maximum Gasteiger partial charge on any atom is 0.191 e. The molecule has 0 saturated carbocycles. The second-order valence-electron chi connectivity index (χ2n) is 4.22. The van der Waals surface area contributed by atoms with Gasteiger partial charge in [0.15, 0.2) is 5.96 Å². The van der Waals surface area contributed by atoms with Crippen molar-refractivity contribution in [2.24, 2.45) is 4.99 Å². The Kier molecular flexibility index (Phi) is 9.88. The minimum Gasteiger partial charge on any atom is -0.497 e. The van der Waals surface area contributed by atoms with Gasteiger partial charge < -0.3 is 15.4 Å². The molecule has 0 spiro atoms. The molecule has 0 atom stereocenters. The Bertz CT molecular complexity index is 447. The number of hydrogen-bond donors (Lipinski definition) is 2. The number of aryl methyl sites for hydroxylation is 1. The van der Waals surface area contributed by atoms with Crippen molar-refractivity contribution in [3.63, 3.8) is 0 Å². The van der Waals surface area contributed by atoms with Gasteiger partial charge in [0.2, 0.25) is 0 Å². The molecule has 0 aliphatic heterocycles. The first-order valence-electron chi connectivity index (χ1n) is 6.47. The summed E-state index contributed by atoms with van der Waals surface area (Å²) in [7, 11) is 1.68. The molecule has 1 rings (SSSR count). The van der Waals surface area contributed by atoms with E-state index < -0.39 is 0 Å². The van der Waals surface area contributed by atoms with Crippen LogP contribution in [0.15, 0.2) is 35.8 Å². The van der Waals surface area contributed by atoms with E-state index in [9.17, 15) is 0 Å². The van der Waals surface area contributed by atoms with Gasteiger partial charge in [-0.15, -0.1) is 30.6 Å². The van der Waals surface area contributed by atoms with E-state index in [1.165, 1.54) is 5.56 Å². The maximum absolute atomic E-state index is 5.26. The zero-order valence-electron chi connectivity index (χ0n) is 12.4. The first-order chi connectivity index (χ1) is 9.19. The Balaban J connectivity index is 0.00000361. The van der Waals surface area contributed by atoms with Gasteiger partial charge in [-0.1, -0.05) is 12.1 Å². The molecule has 0 aromatic heterocycles. The lowest BCUT2D eigenvalue weighted by Crippen LogP contribution is -2.37. The minimum absolute atomic E-state index is 0. The Morgan fingerprint density at radius 1 is 1.35 bits per heavy atom. The Morgan fingerprint density at radius 3 is 2.70 bits per heavy atom. The first-order valence-corrected chi connectivity index (χ1v) is 6.47. The molecule has 0 unspecified atom stereocenters. The summed E-state index contributed by atoms with van der Waals surface area (Å²) in [5.41, 5.74) is 2.31. The highest BCUT2D eigenvalue weighted by molar-refractivity contribution is 14.0. The molecule has 1 aromatic carbocycles. The van der Waals surface area contributed by atoms with Crippen LogP contribution in [0.1, 0.15) is 18.1 Å². The van der Waals surface area contributed by atoms with Gasteiger partial charge in [-0.05, 0) is 37.1 Å². The van der Waals surface area contributed by atoms with E-state index in [4.69, 9.17) is 4.74 Å². The molecule has 0 radical (unpaired) electrons. The topological polar surface area (TPSA) is 45.7 Å². The van der Waals surface area contributed by atoms with Crippen molar-refractivity contribution in [1.29, 1.82) is 0 Å². The molecule has 0 bridgehead atoms. The van der Waals surface area contributed by atoms with Crippen LogP contribution in [0.5, 0.6) is 5.75 Å². The SMILES string of the molecule is C=CCNC(=NCc1cc(C)cc(OC)c1)NCC.I. The quantitative estimate of drug-likeness (QED) is 0.341. The third kappa shape index (κ3) is 6.79. The van der Waals surface area contributed by atoms with Crippen molar-refractivity contribution >= 4 is 29.9 Å². The summed E-state index contributed by atoms with van der Waals surface area (Å²) in [6.45, 7) is 9.92. The lowest BCUT2D eigenvalue weighted by Gasteiger charge is -2.10. The third-order valence-corrected chi connectivity index (χ3v) is 2.52. The van der Waals surface area contributed by atoms with Gasteiger partial charge in [0.1, 0.15) is 5.75 Å². The lowest BCUT2D eigenvalue weighted by molar-refractivity contribution is 0.414. The van der Waals surface area contributed by atoms with E-state index >= 15 is 0 Å². The first kappa shape index (κ1) is 18.8. The van der Waals surface area contributed by atoms with Gasteiger partial charge in [-0.3, -0.25) is 0 Å². The van der Waals surface area contributed by atoms with Crippen molar-refractivity contribution in [2.75, 3.05) is 20.2 Å². The fraction of sp³-hybridized carbons (Fsp3) is 0.400. The summed E-state index contributed by atoms with van der Waals surface area (Å²) >= 11 is 0. The van der Waals surface area contributed by atoms with Crippen molar-refractivity contribution in [2.45, 2.75) is 20.4 Å². The van der Waals surface area contributed by atoms with Crippen LogP contribution in [-0.4, -0.2) is 26.2 Å². The second kappa shape index (κ2) is 10.5. The highest BCUT2D eigenvalue weighted by Gasteiger charge is 2.00. The summed E-state index contributed by atoms with van der Waals surface area (Å²) in [5, 5.41) is 6.36. The summed E-state index contributed by atoms with van der Waals surface area (Å²) < 4.78 is 5.26. The van der Waals surface area contributed by atoms with E-state index in [0.717, 1.165) is 23.8 Å². The average Bonchev–Trinajstić information content (AvgIpc) is 2.41. The van der Waals surface area contributed by atoms with Crippen LogP contribution in [0.3, 0.4) is 0 Å². The molecule has 20 heavy (non-hydrogen) atoms. The fourth-order valence-corrected chi connectivity index (χ4v) is 1.71. The number of ether oxygens (including phenoxy) is 1. The number of hydrogen-bond acceptors (Lipinski definition) is 2. The predicted octanol–water partition coefficient (Wildman–Crippen LogP) is 2.86. The monoisotopic (exact) mass is 389 g/mol. The molecule has 0 aliphatic carbocycles. The zero-order chi connectivity index (χ0) is 14.1. The van der Waals surface area contributed by atoms with Crippen LogP contribution < -0.4 is 15.4 Å². The lowest BCUT2D eigenvalue weighted by atomic mass is 10.1. The summed E-state index contributed by atoms with van der Waals surface area (Å²) in [6.07, 6.45) is 1.81. The smallest absolute Gasteiger partial charge is 0.191 e. The molecule has 5 heteroatoms. The molecule has 4 nitrogen and oxygen atoms in total. The number of guanidine groups is 1. The number of aliphatic imine (C=N–C) groups is 1. The van der Waals surface area contributed by atoms with Crippen LogP contribution in [0.2, 0.25) is 0 Å². The molecule has 0 heterocycles. The van der Waals surface area contributed by atoms with Gasteiger partial charge in [0, 0.05) is 13.1 Å². The van der Waals surface area contributed by atoms with E-state index in [1.54, 1.807) is 7.11 Å². The Hall–Kier alpha value is -1.24. The number of benzene rings is 1. The van der Waals surface area contributed by atoms with Crippen LogP contribution in [0.25, 0.3) is 0 Å². The van der Waals surface area contributed by atoms with Crippen LogP contribution in [-0.2, 0) is 6.54 Å². The maximum atomic E-state index is 5.26. The highest BCUT2D eigenvalue weighted by Crippen LogP contribution is 2.16. The van der Waals surface area contributed by atoms with Crippen molar-refractivity contribution < 1.29 is 4.74 Å². The van der Waals surface area contributed by atoms with Crippen LogP contribution in [0.4, 0.5) is 0 Å². The minimum atomic E-state index is 0. The summed E-state index contributed by atoms with van der Waals surface area (Å²) in [6, 6.07) is 6.13. The van der Waals surface area contributed by atoms with Gasteiger partial charge >= 0.3 is 0 Å². The number of halogens is 1. The van der Waals surface area contributed by atoms with Gasteiger partial charge in [0.05, 0.1) is 13.7 Å². The highest BCUT2D eigenvalue weighted by atomic mass is 127. The number of methoxy groups -OCH3 is 1. The summed E-state index contributed by atoms with van der Waals surface area (Å²) in [4.78, 5) is 4.53. The third-order valence-electron chi connectivity index (χ3n) is 2.52. The molecule has 0 saturated heterocycles. The number of nitrogens with zero attached hydrogens (tertiary/aromatic N) is 1. The van der Waals surface area contributed by atoms with Gasteiger partial charge in [-0.25, -0.2) is 4.99 Å². The number of rotatable bonds is 6. The molecular formula is C15H24IN3O. The van der Waals surface area contributed by atoms with Crippen LogP contribution >= 0.6 is 24.0 Å². The van der Waals surface area contributed by atoms with Crippen molar-refractivity contribution in [1.82, 2.24) is 10.6 Å². The molecule has 2 N–H and O–H groups in total. The normalized spacial score (nSPS) is 10.4. The molecule has 112 valence electrons. The predicted molar refractivity (Wildman–Crippen MR) is 96.2 cm³/mol. The largest absolute Gasteiger partial charge is 0.497 e. The van der Waals surface area contributed by atoms with Gasteiger partial charge in [-0.2, -0.15) is 0 Å². The van der Waals surface area contributed by atoms with E-state index in [0.29, 0.717) is 13.1 Å². The second-order valence-corrected chi connectivity index (χ2v) is 4.22. The molecule has 1 aromatic rings. The molecule has 0 amide bonds. The Labute approximate surface area is 138 Å². The standard InChI is InChI=1S/C15H23N3O.HI/c1-5-7-17-15(16-6-2)18-11-13-8-12(3)9-14(10-13)19-4;/h5,8-10H,1,6-7,11H2,2-4H3,(H2,16,17,18);1H. The molecular weight excluding hydrogens is 365 g/mol. The van der Waals surface area contributed by atoms with E-state index in [2.05, 4.69) is 35.2 Å². The molecule has 0 fully saturated rings. The van der Waals surface area contributed by atoms with Gasteiger partial charge in [0.25, 0.3) is 0 Å². The van der Waals surface area contributed by atoms with Crippen LogP contribution in [0, 0.1) is 6.92 Å². The van der Waals surface area contributed by atoms with E-state index in [1.807, 2.05) is 25.1 Å². The summed E-state index contributed by atoms with van der Waals surface area (Å²) in [5.74, 6) is 1.66. The van der Waals surface area contributed by atoms with Crippen molar-refractivity contribution in [3.8, 4) is 5.75 Å². The van der Waals surface area contributed by atoms with E-state index in [-0.39, 0.29) is 24.0 Å².